The summed E-state index contributed by atoms with van der Waals surface area (Å²) >= 11 is 0. The van der Waals surface area contributed by atoms with Gasteiger partial charge in [0.05, 0.1) is 12.7 Å². The number of hydrogen-bond acceptors (Lipinski definition) is 3. The molecule has 3 atom stereocenters. The van der Waals surface area contributed by atoms with Crippen LogP contribution in [0.1, 0.15) is 20.3 Å². The summed E-state index contributed by atoms with van der Waals surface area (Å²) in [5.74, 6) is 0.623. The van der Waals surface area contributed by atoms with Gasteiger partial charge in [-0.3, -0.25) is 4.90 Å². The van der Waals surface area contributed by atoms with Crippen LogP contribution in [0.3, 0.4) is 0 Å². The molecule has 2 heterocycles. The van der Waals surface area contributed by atoms with Crippen molar-refractivity contribution in [3.8, 4) is 0 Å². The van der Waals surface area contributed by atoms with E-state index in [0.29, 0.717) is 24.1 Å². The van der Waals surface area contributed by atoms with E-state index in [-0.39, 0.29) is 24.8 Å². The van der Waals surface area contributed by atoms with Gasteiger partial charge in [-0.25, -0.2) is 0 Å². The van der Waals surface area contributed by atoms with Crippen molar-refractivity contribution in [2.45, 2.75) is 38.5 Å². The van der Waals surface area contributed by atoms with E-state index in [9.17, 15) is 0 Å². The average molecular weight is 257 g/mol. The molecule has 0 aromatic carbocycles. The molecule has 0 spiro atoms. The molecule has 2 N–H and O–H groups in total. The molecule has 15 heavy (non-hydrogen) atoms. The molecule has 2 aliphatic rings. The lowest BCUT2D eigenvalue weighted by Crippen LogP contribution is -2.48. The van der Waals surface area contributed by atoms with Gasteiger partial charge >= 0.3 is 0 Å². The number of hydrogen-bond donors (Lipinski definition) is 1. The first kappa shape index (κ1) is 15.5. The van der Waals surface area contributed by atoms with Crippen molar-refractivity contribution in [2.24, 2.45) is 11.7 Å². The third kappa shape index (κ3) is 3.46. The first-order valence-electron chi connectivity index (χ1n) is 5.28. The number of nitrogens with zero attached hydrogens (tertiary/aromatic N) is 1. The van der Waals surface area contributed by atoms with E-state index >= 15 is 0 Å². The average Bonchev–Trinajstić information content (AvgIpc) is 2.42. The molecule has 2 fully saturated rings. The highest BCUT2D eigenvalue weighted by Gasteiger charge is 2.36. The standard InChI is InChI=1S/C10H20N2O.2ClH/c1-7(2)10-5-12-4-8(11)3-9(12)6-13-10;;/h7-10H,3-6,11H2,1-2H3;2*1H/t8-,9+,10-;;/m1../s1. The highest BCUT2D eigenvalue weighted by molar-refractivity contribution is 5.85. The third-order valence-electron chi connectivity index (χ3n) is 3.22. The van der Waals surface area contributed by atoms with Crippen molar-refractivity contribution in [3.05, 3.63) is 0 Å². The van der Waals surface area contributed by atoms with Gasteiger partial charge in [-0.05, 0) is 12.3 Å². The van der Waals surface area contributed by atoms with Crippen molar-refractivity contribution in [2.75, 3.05) is 19.7 Å². The van der Waals surface area contributed by atoms with Crippen LogP contribution >= 0.6 is 24.8 Å². The molecule has 2 aliphatic heterocycles. The van der Waals surface area contributed by atoms with Gasteiger partial charge in [-0.2, -0.15) is 0 Å². The molecule has 0 unspecified atom stereocenters. The summed E-state index contributed by atoms with van der Waals surface area (Å²) in [6, 6.07) is 0.976. The molecule has 3 nitrogen and oxygen atoms in total. The van der Waals surface area contributed by atoms with Crippen LogP contribution in [0.5, 0.6) is 0 Å². The Kier molecular flexibility index (Phi) is 6.45. The second-order valence-electron chi connectivity index (χ2n) is 4.72. The topological polar surface area (TPSA) is 38.5 Å². The first-order chi connectivity index (χ1) is 6.16. The molecule has 0 bridgehead atoms. The molecule has 0 amide bonds. The zero-order valence-electron chi connectivity index (χ0n) is 9.39. The Morgan fingerprint density at radius 2 is 1.93 bits per heavy atom. The third-order valence-corrected chi connectivity index (χ3v) is 3.22. The lowest BCUT2D eigenvalue weighted by Gasteiger charge is -2.36. The van der Waals surface area contributed by atoms with Gasteiger partial charge in [0.15, 0.2) is 0 Å². The quantitative estimate of drug-likeness (QED) is 0.769. The molecule has 5 heteroatoms. The molecule has 2 saturated heterocycles. The van der Waals surface area contributed by atoms with Crippen molar-refractivity contribution < 1.29 is 4.74 Å². The van der Waals surface area contributed by atoms with E-state index in [1.807, 2.05) is 0 Å². The number of halogens is 2. The Morgan fingerprint density at radius 1 is 1.27 bits per heavy atom. The van der Waals surface area contributed by atoms with Gasteiger partial charge in [0.25, 0.3) is 0 Å². The largest absolute Gasteiger partial charge is 0.375 e. The van der Waals surface area contributed by atoms with E-state index in [1.54, 1.807) is 0 Å². The minimum Gasteiger partial charge on any atom is -0.375 e. The van der Waals surface area contributed by atoms with E-state index in [1.165, 1.54) is 0 Å². The van der Waals surface area contributed by atoms with Gasteiger partial charge in [-0.1, -0.05) is 13.8 Å². The maximum Gasteiger partial charge on any atom is 0.0725 e. The normalized spacial score (nSPS) is 35.6. The van der Waals surface area contributed by atoms with Crippen molar-refractivity contribution in [1.82, 2.24) is 4.90 Å². The minimum atomic E-state index is 0. The summed E-state index contributed by atoms with van der Waals surface area (Å²) in [4.78, 5) is 2.50. The van der Waals surface area contributed by atoms with Gasteiger partial charge in [0.2, 0.25) is 0 Å². The summed E-state index contributed by atoms with van der Waals surface area (Å²) in [7, 11) is 0. The van der Waals surface area contributed by atoms with Crippen LogP contribution in [0.15, 0.2) is 0 Å². The molecule has 0 aliphatic carbocycles. The van der Waals surface area contributed by atoms with Gasteiger partial charge in [0, 0.05) is 25.2 Å². The molecular formula is C10H22Cl2N2O. The lowest BCUT2D eigenvalue weighted by atomic mass is 10.0. The van der Waals surface area contributed by atoms with Crippen LogP contribution in [0, 0.1) is 5.92 Å². The van der Waals surface area contributed by atoms with E-state index in [4.69, 9.17) is 10.5 Å². The Labute approximate surface area is 105 Å². The van der Waals surface area contributed by atoms with Crippen molar-refractivity contribution in [3.63, 3.8) is 0 Å². The van der Waals surface area contributed by atoms with Crippen molar-refractivity contribution >= 4 is 24.8 Å². The fraction of sp³-hybridized carbons (Fsp3) is 1.00. The van der Waals surface area contributed by atoms with Crippen LogP contribution in [0.25, 0.3) is 0 Å². The van der Waals surface area contributed by atoms with E-state index in [0.717, 1.165) is 26.1 Å². The molecule has 92 valence electrons. The highest BCUT2D eigenvalue weighted by atomic mass is 35.5. The van der Waals surface area contributed by atoms with Crippen LogP contribution in [0.4, 0.5) is 0 Å². The molecule has 0 radical (unpaired) electrons. The molecule has 0 saturated carbocycles. The van der Waals surface area contributed by atoms with Crippen LogP contribution in [-0.2, 0) is 4.74 Å². The summed E-state index contributed by atoms with van der Waals surface area (Å²) in [6.45, 7) is 7.48. The zero-order valence-corrected chi connectivity index (χ0v) is 11.0. The van der Waals surface area contributed by atoms with E-state index in [2.05, 4.69) is 18.7 Å². The first-order valence-corrected chi connectivity index (χ1v) is 5.28. The molecule has 0 aromatic rings. The number of ether oxygens (including phenoxy) is 1. The maximum atomic E-state index is 5.92. The monoisotopic (exact) mass is 256 g/mol. The predicted octanol–water partition coefficient (Wildman–Crippen LogP) is 1.29. The fourth-order valence-corrected chi connectivity index (χ4v) is 2.34. The second kappa shape index (κ2) is 6.26. The Balaban J connectivity index is 0.000000980. The lowest BCUT2D eigenvalue weighted by molar-refractivity contribution is -0.0683. The maximum absolute atomic E-state index is 5.92. The predicted molar refractivity (Wildman–Crippen MR) is 67.0 cm³/mol. The molecular weight excluding hydrogens is 235 g/mol. The van der Waals surface area contributed by atoms with Crippen LogP contribution < -0.4 is 5.73 Å². The second-order valence-corrected chi connectivity index (χ2v) is 4.72. The highest BCUT2D eigenvalue weighted by Crippen LogP contribution is 2.24. The number of fused-ring (bicyclic) bond motifs is 1. The number of nitrogens with two attached hydrogens (primary N) is 1. The van der Waals surface area contributed by atoms with E-state index < -0.39 is 0 Å². The smallest absolute Gasteiger partial charge is 0.0725 e. The molecule has 2 rings (SSSR count). The summed E-state index contributed by atoms with van der Waals surface area (Å²) in [5.41, 5.74) is 5.92. The summed E-state index contributed by atoms with van der Waals surface area (Å²) in [5, 5.41) is 0. The Hall–Kier alpha value is 0.460. The number of morpholine rings is 1. The summed E-state index contributed by atoms with van der Waals surface area (Å²) < 4.78 is 5.80. The fourth-order valence-electron chi connectivity index (χ4n) is 2.34. The zero-order chi connectivity index (χ0) is 9.42. The Morgan fingerprint density at radius 3 is 2.53 bits per heavy atom. The molecule has 0 aromatic heterocycles. The minimum absolute atomic E-state index is 0. The van der Waals surface area contributed by atoms with Crippen molar-refractivity contribution in [1.29, 1.82) is 0 Å². The van der Waals surface area contributed by atoms with Crippen LogP contribution in [0.2, 0.25) is 0 Å². The van der Waals surface area contributed by atoms with Gasteiger partial charge in [0.1, 0.15) is 0 Å². The number of rotatable bonds is 1. The SMILES string of the molecule is CC(C)[C@H]1CN2C[C@H](N)C[C@H]2CO1.Cl.Cl. The van der Waals surface area contributed by atoms with Gasteiger partial charge in [-0.15, -0.1) is 24.8 Å². The summed E-state index contributed by atoms with van der Waals surface area (Å²) in [6.07, 6.45) is 1.53. The Bertz CT molecular complexity index is 192. The van der Waals surface area contributed by atoms with Crippen LogP contribution in [-0.4, -0.2) is 42.8 Å². The van der Waals surface area contributed by atoms with Gasteiger partial charge < -0.3 is 10.5 Å².